The van der Waals surface area contributed by atoms with Gasteiger partial charge in [-0.1, -0.05) is 12.1 Å². The lowest BCUT2D eigenvalue weighted by molar-refractivity contribution is 0.0945. The minimum absolute atomic E-state index is 0.101. The quantitative estimate of drug-likeness (QED) is 0.345. The third kappa shape index (κ3) is 4.02. The van der Waals surface area contributed by atoms with Crippen molar-refractivity contribution in [1.82, 2.24) is 20.5 Å². The van der Waals surface area contributed by atoms with Gasteiger partial charge < -0.3 is 21.5 Å². The third-order valence-corrected chi connectivity index (χ3v) is 4.48. The maximum Gasteiger partial charge on any atom is 0.251 e. The lowest BCUT2D eigenvalue weighted by Gasteiger charge is -2.10. The number of aromatic nitrogens is 3. The maximum atomic E-state index is 12.1. The van der Waals surface area contributed by atoms with E-state index in [2.05, 4.69) is 25.8 Å². The van der Waals surface area contributed by atoms with Crippen LogP contribution in [0.5, 0.6) is 0 Å². The van der Waals surface area contributed by atoms with E-state index in [-0.39, 0.29) is 19.1 Å². The summed E-state index contributed by atoms with van der Waals surface area (Å²) in [6, 6.07) is 16.9. The molecule has 8 nitrogen and oxygen atoms in total. The van der Waals surface area contributed by atoms with Crippen LogP contribution in [0.1, 0.15) is 10.4 Å². The fourth-order valence-corrected chi connectivity index (χ4v) is 3.05. The largest absolute Gasteiger partial charge is 0.395 e. The number of pyridine rings is 1. The van der Waals surface area contributed by atoms with Gasteiger partial charge in [0.2, 0.25) is 0 Å². The monoisotopic (exact) mass is 388 g/mol. The number of aromatic amines is 1. The molecule has 0 bridgehead atoms. The standard InChI is InChI=1S/C21H20N6O2/c22-20-17-11-13(4-5-18(17)26-27-20)14-6-7-23-19(12-14)25-16-3-1-2-15(10-16)21(29)24-8-9-28/h1-7,10-12,28H,8-9H2,(H,23,25)(H,24,29)(H3,22,26,27). The van der Waals surface area contributed by atoms with Gasteiger partial charge in [0.1, 0.15) is 5.82 Å². The summed E-state index contributed by atoms with van der Waals surface area (Å²) in [6.07, 6.45) is 1.72. The molecular formula is C21H20N6O2. The number of benzene rings is 2. The second-order valence-electron chi connectivity index (χ2n) is 6.48. The molecule has 4 aromatic rings. The molecule has 8 heteroatoms. The van der Waals surface area contributed by atoms with Gasteiger partial charge in [-0.15, -0.1) is 0 Å². The van der Waals surface area contributed by atoms with Gasteiger partial charge >= 0.3 is 0 Å². The maximum absolute atomic E-state index is 12.1. The van der Waals surface area contributed by atoms with E-state index in [1.54, 1.807) is 24.4 Å². The van der Waals surface area contributed by atoms with E-state index in [9.17, 15) is 4.79 Å². The number of nitrogens with zero attached hydrogens (tertiary/aromatic N) is 2. The number of nitrogen functional groups attached to an aromatic ring is 1. The van der Waals surface area contributed by atoms with Gasteiger partial charge in [-0.2, -0.15) is 5.10 Å². The van der Waals surface area contributed by atoms with Gasteiger partial charge in [0.15, 0.2) is 5.82 Å². The number of hydrogen-bond acceptors (Lipinski definition) is 6. The summed E-state index contributed by atoms with van der Waals surface area (Å²) in [4.78, 5) is 16.4. The number of fused-ring (bicyclic) bond motifs is 1. The summed E-state index contributed by atoms with van der Waals surface area (Å²) in [6.45, 7) is 0.113. The molecule has 1 amide bonds. The summed E-state index contributed by atoms with van der Waals surface area (Å²) in [5.74, 6) is 0.872. The summed E-state index contributed by atoms with van der Waals surface area (Å²) < 4.78 is 0. The molecule has 2 heterocycles. The van der Waals surface area contributed by atoms with E-state index in [4.69, 9.17) is 10.8 Å². The number of rotatable bonds is 6. The Morgan fingerprint density at radius 2 is 1.97 bits per heavy atom. The number of hydrogen-bond donors (Lipinski definition) is 5. The van der Waals surface area contributed by atoms with Crippen LogP contribution in [0.3, 0.4) is 0 Å². The normalized spacial score (nSPS) is 10.8. The number of nitrogens with one attached hydrogen (secondary N) is 3. The number of carbonyl (C=O) groups is 1. The lowest BCUT2D eigenvalue weighted by atomic mass is 10.0. The van der Waals surface area contributed by atoms with Crippen molar-refractivity contribution in [2.75, 3.05) is 24.2 Å². The molecular weight excluding hydrogens is 368 g/mol. The van der Waals surface area contributed by atoms with Crippen molar-refractivity contribution in [1.29, 1.82) is 0 Å². The smallest absolute Gasteiger partial charge is 0.251 e. The zero-order valence-corrected chi connectivity index (χ0v) is 15.5. The van der Waals surface area contributed by atoms with Gasteiger partial charge in [-0.05, 0) is 53.6 Å². The van der Waals surface area contributed by atoms with Crippen molar-refractivity contribution in [2.45, 2.75) is 0 Å². The van der Waals surface area contributed by atoms with Crippen LogP contribution < -0.4 is 16.4 Å². The first-order chi connectivity index (χ1) is 14.1. The van der Waals surface area contributed by atoms with E-state index >= 15 is 0 Å². The molecule has 6 N–H and O–H groups in total. The van der Waals surface area contributed by atoms with E-state index < -0.39 is 0 Å². The Morgan fingerprint density at radius 1 is 1.10 bits per heavy atom. The molecule has 0 saturated heterocycles. The highest BCUT2D eigenvalue weighted by Gasteiger charge is 2.08. The highest BCUT2D eigenvalue weighted by Crippen LogP contribution is 2.28. The van der Waals surface area contributed by atoms with Gasteiger partial charge in [0.25, 0.3) is 5.91 Å². The van der Waals surface area contributed by atoms with Crippen molar-refractivity contribution in [2.24, 2.45) is 0 Å². The fourth-order valence-electron chi connectivity index (χ4n) is 3.05. The van der Waals surface area contributed by atoms with Crippen LogP contribution in [0.15, 0.2) is 60.8 Å². The molecule has 4 rings (SSSR count). The highest BCUT2D eigenvalue weighted by molar-refractivity contribution is 5.95. The van der Waals surface area contributed by atoms with Crippen molar-refractivity contribution < 1.29 is 9.90 Å². The Balaban J connectivity index is 1.57. The van der Waals surface area contributed by atoms with Gasteiger partial charge in [-0.25, -0.2) is 4.98 Å². The SMILES string of the molecule is Nc1n[nH]c2ccc(-c3ccnc(Nc4cccc(C(=O)NCCO)c4)c3)cc12. The number of carbonyl (C=O) groups excluding carboxylic acids is 1. The number of nitrogens with two attached hydrogens (primary N) is 1. The minimum atomic E-state index is -0.240. The van der Waals surface area contributed by atoms with Gasteiger partial charge in [-0.3, -0.25) is 9.89 Å². The van der Waals surface area contributed by atoms with Crippen molar-refractivity contribution in [3.05, 3.63) is 66.4 Å². The molecule has 29 heavy (non-hydrogen) atoms. The minimum Gasteiger partial charge on any atom is -0.395 e. The average molecular weight is 388 g/mol. The zero-order chi connectivity index (χ0) is 20.2. The Labute approximate surface area is 166 Å². The Bertz CT molecular complexity index is 1170. The van der Waals surface area contributed by atoms with Crippen LogP contribution in [0.2, 0.25) is 0 Å². The molecule has 146 valence electrons. The molecule has 0 spiro atoms. The predicted molar refractivity (Wildman–Crippen MR) is 113 cm³/mol. The highest BCUT2D eigenvalue weighted by atomic mass is 16.3. The van der Waals surface area contributed by atoms with Gasteiger partial charge in [0, 0.05) is 29.4 Å². The Kier molecular flexibility index (Phi) is 5.08. The number of H-pyrrole nitrogens is 1. The third-order valence-electron chi connectivity index (χ3n) is 4.48. The second kappa shape index (κ2) is 7.99. The van der Waals surface area contributed by atoms with Crippen LogP contribution in [0, 0.1) is 0 Å². The van der Waals surface area contributed by atoms with Crippen LogP contribution in [-0.2, 0) is 0 Å². The number of anilines is 3. The van der Waals surface area contributed by atoms with Crippen LogP contribution in [0.25, 0.3) is 22.0 Å². The number of aliphatic hydroxyl groups excluding tert-OH is 1. The molecule has 0 aliphatic carbocycles. The lowest BCUT2D eigenvalue weighted by Crippen LogP contribution is -2.26. The molecule has 2 aromatic heterocycles. The van der Waals surface area contributed by atoms with Crippen molar-refractivity contribution in [3.63, 3.8) is 0 Å². The van der Waals surface area contributed by atoms with Crippen LogP contribution in [-0.4, -0.2) is 39.3 Å². The molecule has 0 aliphatic rings. The van der Waals surface area contributed by atoms with Crippen molar-refractivity contribution >= 4 is 34.1 Å². The molecule has 0 radical (unpaired) electrons. The molecule has 0 atom stereocenters. The number of aliphatic hydroxyl groups is 1. The van der Waals surface area contributed by atoms with E-state index in [0.717, 1.165) is 27.7 Å². The van der Waals surface area contributed by atoms with Crippen molar-refractivity contribution in [3.8, 4) is 11.1 Å². The molecule has 0 fully saturated rings. The first-order valence-electron chi connectivity index (χ1n) is 9.10. The average Bonchev–Trinajstić information content (AvgIpc) is 3.12. The van der Waals surface area contributed by atoms with E-state index in [1.807, 2.05) is 36.4 Å². The summed E-state index contributed by atoms with van der Waals surface area (Å²) in [5.41, 5.74) is 10.00. The Hall–Kier alpha value is -3.91. The first kappa shape index (κ1) is 18.5. The first-order valence-corrected chi connectivity index (χ1v) is 9.10. The van der Waals surface area contributed by atoms with Gasteiger partial charge in [0.05, 0.1) is 12.1 Å². The molecule has 2 aromatic carbocycles. The van der Waals surface area contributed by atoms with Crippen LogP contribution in [0.4, 0.5) is 17.3 Å². The molecule has 0 aliphatic heterocycles. The number of amides is 1. The predicted octanol–water partition coefficient (Wildman–Crippen LogP) is 2.67. The summed E-state index contributed by atoms with van der Waals surface area (Å²) in [5, 5.41) is 22.5. The fraction of sp³-hybridized carbons (Fsp3) is 0.0952. The van der Waals surface area contributed by atoms with Crippen LogP contribution >= 0.6 is 0 Å². The molecule has 0 saturated carbocycles. The van der Waals surface area contributed by atoms with E-state index in [0.29, 0.717) is 17.2 Å². The second-order valence-corrected chi connectivity index (χ2v) is 6.48. The molecule has 0 unspecified atom stereocenters. The summed E-state index contributed by atoms with van der Waals surface area (Å²) in [7, 11) is 0. The summed E-state index contributed by atoms with van der Waals surface area (Å²) >= 11 is 0. The van der Waals surface area contributed by atoms with E-state index in [1.165, 1.54) is 0 Å². The Morgan fingerprint density at radius 3 is 2.83 bits per heavy atom. The zero-order valence-electron chi connectivity index (χ0n) is 15.5. The topological polar surface area (TPSA) is 129 Å².